The fourth-order valence-electron chi connectivity index (χ4n) is 6.10. The molecule has 4 aromatic carbocycles. The van der Waals surface area contributed by atoms with Crippen LogP contribution < -0.4 is 15.0 Å². The molecule has 8 heteroatoms. The average molecular weight is 629 g/mol. The van der Waals surface area contributed by atoms with Crippen LogP contribution in [0.25, 0.3) is 11.1 Å². The van der Waals surface area contributed by atoms with Crippen LogP contribution in [0.1, 0.15) is 57.4 Å². The molecule has 0 unspecified atom stereocenters. The third-order valence-electron chi connectivity index (χ3n) is 8.81. The van der Waals surface area contributed by atoms with Gasteiger partial charge in [-0.3, -0.25) is 14.3 Å². The summed E-state index contributed by atoms with van der Waals surface area (Å²) in [6.07, 6.45) is 6.77. The number of nitrogens with zero attached hydrogens (tertiary/aromatic N) is 3. The quantitative estimate of drug-likeness (QED) is 0.154. The van der Waals surface area contributed by atoms with E-state index in [1.54, 1.807) is 24.3 Å². The van der Waals surface area contributed by atoms with Gasteiger partial charge >= 0.3 is 0 Å². The smallest absolute Gasteiger partial charge is 0.251 e. The Morgan fingerprint density at radius 2 is 1.81 bits per heavy atom. The van der Waals surface area contributed by atoms with E-state index < -0.39 is 0 Å². The van der Waals surface area contributed by atoms with Crippen molar-refractivity contribution in [2.24, 2.45) is 0 Å². The van der Waals surface area contributed by atoms with Crippen molar-refractivity contribution in [1.29, 1.82) is 0 Å². The summed E-state index contributed by atoms with van der Waals surface area (Å²) in [6.45, 7) is 6.09. The van der Waals surface area contributed by atoms with Gasteiger partial charge in [-0.15, -0.1) is 0 Å². The van der Waals surface area contributed by atoms with E-state index in [1.165, 1.54) is 11.1 Å². The molecule has 2 amide bonds. The van der Waals surface area contributed by atoms with Crippen molar-refractivity contribution in [1.82, 2.24) is 15.1 Å². The number of rotatable bonds is 11. The minimum Gasteiger partial charge on any atom is -0.508 e. The monoisotopic (exact) mass is 628 g/mol. The molecule has 6 rings (SSSR count). The van der Waals surface area contributed by atoms with Crippen LogP contribution in [0.15, 0.2) is 97.3 Å². The summed E-state index contributed by atoms with van der Waals surface area (Å²) in [4.78, 5) is 28.1. The van der Waals surface area contributed by atoms with Crippen molar-refractivity contribution in [2.45, 2.75) is 52.6 Å². The molecule has 1 aliphatic heterocycles. The number of nitrogens with one attached hydrogen (secondary N) is 1. The van der Waals surface area contributed by atoms with Crippen LogP contribution in [-0.2, 0) is 24.3 Å². The second-order valence-corrected chi connectivity index (χ2v) is 12.0. The van der Waals surface area contributed by atoms with Crippen molar-refractivity contribution in [2.75, 3.05) is 18.1 Å². The number of carbonyl (C=O) groups excluding carboxylic acids is 2. The molecular weight excluding hydrogens is 588 g/mol. The molecule has 8 nitrogen and oxygen atoms in total. The van der Waals surface area contributed by atoms with Gasteiger partial charge < -0.3 is 20.1 Å². The van der Waals surface area contributed by atoms with Crippen LogP contribution in [0, 0.1) is 13.8 Å². The fraction of sp³-hybridized carbons (Fsp3) is 0.256. The predicted molar refractivity (Wildman–Crippen MR) is 184 cm³/mol. The number of hydrogen-bond donors (Lipinski definition) is 2. The number of amides is 2. The number of anilines is 1. The van der Waals surface area contributed by atoms with E-state index in [1.807, 2.05) is 70.5 Å². The molecule has 47 heavy (non-hydrogen) atoms. The maximum atomic E-state index is 13.4. The molecule has 0 saturated carbocycles. The van der Waals surface area contributed by atoms with Gasteiger partial charge in [-0.05, 0) is 91.3 Å². The minimum absolute atomic E-state index is 0.118. The first-order valence-electron chi connectivity index (χ1n) is 16.2. The number of aryl methyl sites for hydroxylation is 1. The molecule has 0 spiro atoms. The first kappa shape index (κ1) is 31.6. The average Bonchev–Trinajstić information content (AvgIpc) is 3.55. The second kappa shape index (κ2) is 14.4. The van der Waals surface area contributed by atoms with Crippen LogP contribution in [0.4, 0.5) is 5.69 Å². The van der Waals surface area contributed by atoms with Gasteiger partial charge in [-0.1, -0.05) is 54.6 Å². The van der Waals surface area contributed by atoms with Gasteiger partial charge in [0.05, 0.1) is 19.3 Å². The summed E-state index contributed by atoms with van der Waals surface area (Å²) in [6, 6.07) is 26.6. The molecule has 0 saturated heterocycles. The lowest BCUT2D eigenvalue weighted by molar-refractivity contribution is -0.118. The van der Waals surface area contributed by atoms with E-state index >= 15 is 0 Å². The standard InChI is InChI=1S/C39H40N4O4/c1-27-10-5-18-37(28(27)2)47-21-9-19-38(45)43-20-8-15-34-33(14-7-16-35(34)43)32-24-41-42(26-32)25-29-11-6-13-30(22-29)39(46)40-23-31-12-3-4-17-36(31)44/h3-7,10-14,16-18,22,24,26,44H,8-9,15,19-21,23,25H2,1-2H3,(H,40,46). The topological polar surface area (TPSA) is 96.7 Å². The summed E-state index contributed by atoms with van der Waals surface area (Å²) in [5.41, 5.74) is 8.71. The highest BCUT2D eigenvalue weighted by molar-refractivity contribution is 5.96. The van der Waals surface area contributed by atoms with Crippen LogP contribution >= 0.6 is 0 Å². The molecular formula is C39H40N4O4. The highest BCUT2D eigenvalue weighted by atomic mass is 16.5. The molecule has 240 valence electrons. The zero-order valence-corrected chi connectivity index (χ0v) is 26.9. The van der Waals surface area contributed by atoms with E-state index in [0.717, 1.165) is 46.5 Å². The van der Waals surface area contributed by atoms with E-state index in [-0.39, 0.29) is 24.1 Å². The van der Waals surface area contributed by atoms with Crippen LogP contribution in [-0.4, -0.2) is 39.9 Å². The normalized spacial score (nSPS) is 12.4. The first-order valence-corrected chi connectivity index (χ1v) is 16.2. The Morgan fingerprint density at radius 3 is 2.68 bits per heavy atom. The molecule has 1 aromatic heterocycles. The lowest BCUT2D eigenvalue weighted by Gasteiger charge is -2.31. The number of phenols is 1. The van der Waals surface area contributed by atoms with Gasteiger partial charge in [0.25, 0.3) is 5.91 Å². The van der Waals surface area contributed by atoms with Crippen molar-refractivity contribution in [3.63, 3.8) is 0 Å². The molecule has 0 atom stereocenters. The molecule has 2 heterocycles. The van der Waals surface area contributed by atoms with Crippen LogP contribution in [0.2, 0.25) is 0 Å². The second-order valence-electron chi connectivity index (χ2n) is 12.0. The summed E-state index contributed by atoms with van der Waals surface area (Å²) in [7, 11) is 0. The van der Waals surface area contributed by atoms with Gasteiger partial charge in [-0.25, -0.2) is 0 Å². The Balaban J connectivity index is 1.09. The molecule has 0 aliphatic carbocycles. The molecule has 2 N–H and O–H groups in total. The Kier molecular flexibility index (Phi) is 9.67. The van der Waals surface area contributed by atoms with Crippen molar-refractivity contribution < 1.29 is 19.4 Å². The molecule has 0 radical (unpaired) electrons. The van der Waals surface area contributed by atoms with Crippen LogP contribution in [0.3, 0.4) is 0 Å². The number of carbonyl (C=O) groups is 2. The highest BCUT2D eigenvalue weighted by Crippen LogP contribution is 2.36. The van der Waals surface area contributed by atoms with Gasteiger partial charge in [-0.2, -0.15) is 5.10 Å². The Hall–Kier alpha value is -5.37. The summed E-state index contributed by atoms with van der Waals surface area (Å²) in [5.74, 6) is 0.947. The molecule has 0 bridgehead atoms. The highest BCUT2D eigenvalue weighted by Gasteiger charge is 2.25. The zero-order chi connectivity index (χ0) is 32.8. The number of aromatic nitrogens is 2. The van der Waals surface area contributed by atoms with E-state index in [0.29, 0.717) is 43.7 Å². The van der Waals surface area contributed by atoms with E-state index in [2.05, 4.69) is 36.4 Å². The minimum atomic E-state index is -0.208. The van der Waals surface area contributed by atoms with Gasteiger partial charge in [0.15, 0.2) is 0 Å². The van der Waals surface area contributed by atoms with E-state index in [4.69, 9.17) is 4.74 Å². The molecule has 0 fully saturated rings. The third-order valence-corrected chi connectivity index (χ3v) is 8.81. The predicted octanol–water partition coefficient (Wildman–Crippen LogP) is 6.99. The number of ether oxygens (including phenoxy) is 1. The van der Waals surface area contributed by atoms with Crippen molar-refractivity contribution >= 4 is 17.5 Å². The van der Waals surface area contributed by atoms with E-state index in [9.17, 15) is 14.7 Å². The van der Waals surface area contributed by atoms with Crippen molar-refractivity contribution in [3.8, 4) is 22.6 Å². The maximum absolute atomic E-state index is 13.4. The number of aromatic hydroxyl groups is 1. The molecule has 1 aliphatic rings. The van der Waals surface area contributed by atoms with Gasteiger partial charge in [0, 0.05) is 48.1 Å². The number of fused-ring (bicyclic) bond motifs is 1. The largest absolute Gasteiger partial charge is 0.508 e. The first-order chi connectivity index (χ1) is 22.9. The van der Waals surface area contributed by atoms with Crippen LogP contribution in [0.5, 0.6) is 11.5 Å². The Labute approximate surface area is 275 Å². The lowest BCUT2D eigenvalue weighted by atomic mass is 9.93. The summed E-state index contributed by atoms with van der Waals surface area (Å²) < 4.78 is 7.86. The third kappa shape index (κ3) is 7.38. The number of para-hydroxylation sites is 1. The Morgan fingerprint density at radius 1 is 0.979 bits per heavy atom. The Bertz CT molecular complexity index is 1900. The number of benzene rings is 4. The van der Waals surface area contributed by atoms with Gasteiger partial charge in [0.1, 0.15) is 11.5 Å². The zero-order valence-electron chi connectivity index (χ0n) is 26.9. The fourth-order valence-corrected chi connectivity index (χ4v) is 6.10. The summed E-state index contributed by atoms with van der Waals surface area (Å²) in [5, 5.41) is 17.5. The van der Waals surface area contributed by atoms with Crippen molar-refractivity contribution in [3.05, 3.63) is 131 Å². The number of phenolic OH excluding ortho intramolecular Hbond substituents is 1. The number of hydrogen-bond acceptors (Lipinski definition) is 5. The lowest BCUT2D eigenvalue weighted by Crippen LogP contribution is -2.35. The maximum Gasteiger partial charge on any atom is 0.251 e. The SMILES string of the molecule is Cc1cccc(OCCCC(=O)N2CCCc3c(-c4cnn(Cc5cccc(C(=O)NCc6ccccc6O)c5)c4)cccc32)c1C. The van der Waals surface area contributed by atoms with Gasteiger partial charge in [0.2, 0.25) is 5.91 Å². The summed E-state index contributed by atoms with van der Waals surface area (Å²) >= 11 is 0. The molecule has 5 aromatic rings.